The Morgan fingerprint density at radius 1 is 1.19 bits per heavy atom. The van der Waals surface area contributed by atoms with Gasteiger partial charge in [-0.3, -0.25) is 9.59 Å². The van der Waals surface area contributed by atoms with Crippen molar-refractivity contribution in [2.24, 2.45) is 0 Å². The first kappa shape index (κ1) is 23.7. The van der Waals surface area contributed by atoms with Gasteiger partial charge in [-0.05, 0) is 62.5 Å². The van der Waals surface area contributed by atoms with Crippen molar-refractivity contribution in [3.8, 4) is 0 Å². The van der Waals surface area contributed by atoms with Gasteiger partial charge in [0.1, 0.15) is 5.82 Å². The second-order valence-corrected chi connectivity index (χ2v) is 8.67. The SMILES string of the molecule is O=C(/C=C/c1ccc(F)c(Cl)c1)N1CCC(=O)N(CCCCN2CCCC(O)C2)CC1. The molecular formula is C23H31ClFN3O3. The number of β-amino-alcohol motifs (C(OH)–C–C–N with tert-alkyl or cyclic N) is 1. The first-order chi connectivity index (χ1) is 14.9. The predicted molar refractivity (Wildman–Crippen MR) is 119 cm³/mol. The zero-order valence-electron chi connectivity index (χ0n) is 17.8. The Hall–Kier alpha value is -1.96. The quantitative estimate of drug-likeness (QED) is 0.511. The minimum absolute atomic E-state index is 0.0158. The molecule has 8 heteroatoms. The number of amides is 2. The van der Waals surface area contributed by atoms with Crippen molar-refractivity contribution in [3.63, 3.8) is 0 Å². The number of benzene rings is 1. The Balaban J connectivity index is 1.42. The van der Waals surface area contributed by atoms with Crippen LogP contribution in [-0.2, 0) is 9.59 Å². The van der Waals surface area contributed by atoms with Gasteiger partial charge in [-0.1, -0.05) is 17.7 Å². The first-order valence-electron chi connectivity index (χ1n) is 11.0. The van der Waals surface area contributed by atoms with Crippen LogP contribution in [-0.4, -0.2) is 83.5 Å². The molecule has 2 aliphatic heterocycles. The maximum absolute atomic E-state index is 13.2. The number of aliphatic hydroxyl groups is 1. The van der Waals surface area contributed by atoms with E-state index in [1.54, 1.807) is 17.0 Å². The highest BCUT2D eigenvalue weighted by Gasteiger charge is 2.23. The first-order valence-corrected chi connectivity index (χ1v) is 11.4. The molecule has 0 spiro atoms. The van der Waals surface area contributed by atoms with E-state index in [1.165, 1.54) is 18.2 Å². The van der Waals surface area contributed by atoms with Crippen molar-refractivity contribution in [3.05, 3.63) is 40.7 Å². The largest absolute Gasteiger partial charge is 0.392 e. The normalized spacial score (nSPS) is 21.0. The van der Waals surface area contributed by atoms with Crippen LogP contribution in [0.3, 0.4) is 0 Å². The number of piperidine rings is 1. The molecule has 0 bridgehead atoms. The average molecular weight is 452 g/mol. The zero-order chi connectivity index (χ0) is 22.2. The third-order valence-corrected chi connectivity index (χ3v) is 6.18. The van der Waals surface area contributed by atoms with Gasteiger partial charge in [-0.15, -0.1) is 0 Å². The molecule has 2 heterocycles. The van der Waals surface area contributed by atoms with Crippen molar-refractivity contribution in [1.29, 1.82) is 0 Å². The molecule has 2 aliphatic rings. The molecule has 1 unspecified atom stereocenters. The number of carbonyl (C=O) groups is 2. The number of rotatable bonds is 7. The summed E-state index contributed by atoms with van der Waals surface area (Å²) in [6.45, 7) is 4.85. The van der Waals surface area contributed by atoms with Crippen molar-refractivity contribution in [2.45, 2.75) is 38.2 Å². The second kappa shape index (κ2) is 11.6. The van der Waals surface area contributed by atoms with Crippen molar-refractivity contribution in [1.82, 2.24) is 14.7 Å². The molecule has 0 radical (unpaired) electrons. The van der Waals surface area contributed by atoms with Crippen LogP contribution in [0.1, 0.15) is 37.7 Å². The third kappa shape index (κ3) is 7.30. The van der Waals surface area contributed by atoms with Gasteiger partial charge in [0, 0.05) is 45.2 Å². The minimum Gasteiger partial charge on any atom is -0.392 e. The number of unbranched alkanes of at least 4 members (excludes halogenated alkanes) is 1. The molecule has 3 rings (SSSR count). The topological polar surface area (TPSA) is 64.1 Å². The van der Waals surface area contributed by atoms with Gasteiger partial charge in [0.15, 0.2) is 0 Å². The number of hydrogen-bond donors (Lipinski definition) is 1. The van der Waals surface area contributed by atoms with Crippen LogP contribution in [0.4, 0.5) is 4.39 Å². The van der Waals surface area contributed by atoms with Crippen LogP contribution in [0.15, 0.2) is 24.3 Å². The molecule has 1 aromatic carbocycles. The highest BCUT2D eigenvalue weighted by molar-refractivity contribution is 6.30. The molecule has 2 fully saturated rings. The number of carbonyl (C=O) groups excluding carboxylic acids is 2. The maximum Gasteiger partial charge on any atom is 0.246 e. The Kier molecular flexibility index (Phi) is 8.87. The van der Waals surface area contributed by atoms with Crippen LogP contribution < -0.4 is 0 Å². The third-order valence-electron chi connectivity index (χ3n) is 5.89. The van der Waals surface area contributed by atoms with E-state index in [1.807, 2.05) is 4.90 Å². The lowest BCUT2D eigenvalue weighted by Crippen LogP contribution is -2.39. The molecule has 2 amide bonds. The summed E-state index contributed by atoms with van der Waals surface area (Å²) in [5, 5.41) is 9.77. The summed E-state index contributed by atoms with van der Waals surface area (Å²) in [4.78, 5) is 30.8. The Morgan fingerprint density at radius 2 is 2.00 bits per heavy atom. The molecule has 0 aromatic heterocycles. The van der Waals surface area contributed by atoms with E-state index < -0.39 is 5.82 Å². The van der Waals surface area contributed by atoms with Gasteiger partial charge < -0.3 is 19.8 Å². The van der Waals surface area contributed by atoms with Crippen molar-refractivity contribution >= 4 is 29.5 Å². The van der Waals surface area contributed by atoms with E-state index in [0.717, 1.165) is 45.3 Å². The average Bonchev–Trinajstić information content (AvgIpc) is 2.93. The zero-order valence-corrected chi connectivity index (χ0v) is 18.6. The fourth-order valence-corrected chi connectivity index (χ4v) is 4.27. The number of halogens is 2. The fraction of sp³-hybridized carbons (Fsp3) is 0.565. The number of hydrogen-bond acceptors (Lipinski definition) is 4. The van der Waals surface area contributed by atoms with Gasteiger partial charge in [0.05, 0.1) is 11.1 Å². The summed E-state index contributed by atoms with van der Waals surface area (Å²) in [5.41, 5.74) is 0.647. The van der Waals surface area contributed by atoms with Crippen molar-refractivity contribution < 1.29 is 19.1 Å². The van der Waals surface area contributed by atoms with Gasteiger partial charge in [-0.2, -0.15) is 0 Å². The Morgan fingerprint density at radius 3 is 2.77 bits per heavy atom. The Labute approximate surface area is 188 Å². The molecule has 6 nitrogen and oxygen atoms in total. The van der Waals surface area contributed by atoms with E-state index in [2.05, 4.69) is 4.90 Å². The molecule has 0 aliphatic carbocycles. The maximum atomic E-state index is 13.2. The summed E-state index contributed by atoms with van der Waals surface area (Å²) in [5.74, 6) is -0.582. The lowest BCUT2D eigenvalue weighted by atomic mass is 10.1. The van der Waals surface area contributed by atoms with Gasteiger partial charge in [0.2, 0.25) is 11.8 Å². The summed E-state index contributed by atoms with van der Waals surface area (Å²) in [6, 6.07) is 4.30. The highest BCUT2D eigenvalue weighted by atomic mass is 35.5. The molecule has 170 valence electrons. The number of nitrogens with zero attached hydrogens (tertiary/aromatic N) is 3. The minimum atomic E-state index is -0.496. The standard InChI is InChI=1S/C23H31ClFN3O3/c24-20-16-18(5-7-21(20)25)6-8-22(30)28-13-9-23(31)27(14-15-28)12-2-1-10-26-11-3-4-19(29)17-26/h5-8,16,19,29H,1-4,9-15,17H2/b8-6+. The number of aliphatic hydroxyl groups excluding tert-OH is 1. The summed E-state index contributed by atoms with van der Waals surface area (Å²) in [6.07, 6.45) is 6.99. The van der Waals surface area contributed by atoms with E-state index >= 15 is 0 Å². The van der Waals surface area contributed by atoms with Crippen LogP contribution >= 0.6 is 11.6 Å². The van der Waals surface area contributed by atoms with Crippen LogP contribution in [0.2, 0.25) is 5.02 Å². The van der Waals surface area contributed by atoms with E-state index in [9.17, 15) is 19.1 Å². The number of likely N-dealkylation sites (tertiary alicyclic amines) is 1. The van der Waals surface area contributed by atoms with E-state index in [0.29, 0.717) is 38.2 Å². The lowest BCUT2D eigenvalue weighted by molar-refractivity contribution is -0.130. The molecule has 2 saturated heterocycles. The lowest BCUT2D eigenvalue weighted by Gasteiger charge is -2.30. The fourth-order valence-electron chi connectivity index (χ4n) is 4.08. The van der Waals surface area contributed by atoms with Crippen LogP contribution in [0.25, 0.3) is 6.08 Å². The van der Waals surface area contributed by atoms with Crippen LogP contribution in [0.5, 0.6) is 0 Å². The van der Waals surface area contributed by atoms with Gasteiger partial charge in [0.25, 0.3) is 0 Å². The molecule has 1 N–H and O–H groups in total. The summed E-state index contributed by atoms with van der Waals surface area (Å²) < 4.78 is 13.2. The molecule has 1 atom stereocenters. The summed E-state index contributed by atoms with van der Waals surface area (Å²) in [7, 11) is 0. The molecular weight excluding hydrogens is 421 g/mol. The van der Waals surface area contributed by atoms with E-state index in [4.69, 9.17) is 11.6 Å². The Bertz CT molecular complexity index is 804. The predicted octanol–water partition coefficient (Wildman–Crippen LogP) is 2.79. The van der Waals surface area contributed by atoms with Gasteiger partial charge >= 0.3 is 0 Å². The van der Waals surface area contributed by atoms with Crippen molar-refractivity contribution in [2.75, 3.05) is 45.8 Å². The monoisotopic (exact) mass is 451 g/mol. The molecule has 1 aromatic rings. The summed E-state index contributed by atoms with van der Waals surface area (Å²) >= 11 is 5.77. The highest BCUT2D eigenvalue weighted by Crippen LogP contribution is 2.17. The van der Waals surface area contributed by atoms with Crippen LogP contribution in [0, 0.1) is 5.82 Å². The molecule has 0 saturated carbocycles. The van der Waals surface area contributed by atoms with E-state index in [-0.39, 0.29) is 22.9 Å². The van der Waals surface area contributed by atoms with Gasteiger partial charge in [-0.25, -0.2) is 4.39 Å². The second-order valence-electron chi connectivity index (χ2n) is 8.27. The molecule has 31 heavy (non-hydrogen) atoms. The smallest absolute Gasteiger partial charge is 0.246 e.